The second-order valence-electron chi connectivity index (χ2n) is 6.61. The third-order valence-corrected chi connectivity index (χ3v) is 4.72. The topological polar surface area (TPSA) is 118 Å². The number of anilines is 2. The monoisotopic (exact) mass is 428 g/mol. The summed E-state index contributed by atoms with van der Waals surface area (Å²) >= 11 is 6.19. The predicted molar refractivity (Wildman–Crippen MR) is 119 cm³/mol. The van der Waals surface area contributed by atoms with Crippen LogP contribution in [0.2, 0.25) is 5.02 Å². The van der Waals surface area contributed by atoms with Gasteiger partial charge in [0.15, 0.2) is 5.82 Å². The van der Waals surface area contributed by atoms with Crippen LogP contribution in [0.1, 0.15) is 5.56 Å². The Kier molecular flexibility index (Phi) is 7.99. The molecule has 0 spiro atoms. The molecule has 2 aromatic rings. The lowest BCUT2D eigenvalue weighted by Gasteiger charge is -2.27. The van der Waals surface area contributed by atoms with Crippen molar-refractivity contribution >= 4 is 35.5 Å². The molecule has 1 fully saturated rings. The first kappa shape index (κ1) is 21.5. The van der Waals surface area contributed by atoms with Crippen molar-refractivity contribution in [2.75, 3.05) is 43.4 Å². The molecular weight excluding hydrogens is 404 g/mol. The first-order valence-electron chi connectivity index (χ1n) is 9.65. The molecule has 1 aliphatic heterocycles. The molecule has 30 heavy (non-hydrogen) atoms. The zero-order valence-corrected chi connectivity index (χ0v) is 17.2. The molecule has 0 aliphatic carbocycles. The van der Waals surface area contributed by atoms with Crippen molar-refractivity contribution in [1.29, 1.82) is 5.41 Å². The first-order valence-corrected chi connectivity index (χ1v) is 10.0. The van der Waals surface area contributed by atoms with Gasteiger partial charge in [-0.1, -0.05) is 41.9 Å². The van der Waals surface area contributed by atoms with Crippen molar-refractivity contribution in [2.45, 2.75) is 6.54 Å². The SMILES string of the molecule is N=C/C(=C\NCC(=O)N1CCNCC1)Nc1ncc(Cl)c(NCc2ccccc2)n1. The summed E-state index contributed by atoms with van der Waals surface area (Å²) in [4.78, 5) is 22.5. The summed E-state index contributed by atoms with van der Waals surface area (Å²) in [6.07, 6.45) is 4.17. The molecule has 1 amide bonds. The highest BCUT2D eigenvalue weighted by Gasteiger charge is 2.15. The summed E-state index contributed by atoms with van der Waals surface area (Å²) in [5.74, 6) is 0.802. The summed E-state index contributed by atoms with van der Waals surface area (Å²) in [7, 11) is 0. The minimum absolute atomic E-state index is 0.0206. The van der Waals surface area contributed by atoms with Gasteiger partial charge in [-0.3, -0.25) is 4.79 Å². The molecule has 1 aliphatic rings. The number of benzene rings is 1. The van der Waals surface area contributed by atoms with Gasteiger partial charge in [0.1, 0.15) is 5.02 Å². The molecule has 5 N–H and O–H groups in total. The zero-order valence-electron chi connectivity index (χ0n) is 16.5. The third kappa shape index (κ3) is 6.43. The molecule has 0 unspecified atom stereocenters. The van der Waals surface area contributed by atoms with Gasteiger partial charge in [-0.15, -0.1) is 0 Å². The van der Waals surface area contributed by atoms with Crippen LogP contribution < -0.4 is 21.3 Å². The van der Waals surface area contributed by atoms with Crippen LogP contribution in [0.3, 0.4) is 0 Å². The van der Waals surface area contributed by atoms with E-state index in [-0.39, 0.29) is 12.5 Å². The molecule has 0 atom stereocenters. The van der Waals surface area contributed by atoms with E-state index in [0.717, 1.165) is 24.9 Å². The third-order valence-electron chi connectivity index (χ3n) is 4.44. The number of nitrogens with one attached hydrogen (secondary N) is 5. The number of hydrogen-bond acceptors (Lipinski definition) is 8. The van der Waals surface area contributed by atoms with Gasteiger partial charge < -0.3 is 31.6 Å². The lowest BCUT2D eigenvalue weighted by molar-refractivity contribution is -0.130. The Labute approximate surface area is 180 Å². The second kappa shape index (κ2) is 11.1. The Hall–Kier alpha value is -3.17. The van der Waals surface area contributed by atoms with Gasteiger partial charge >= 0.3 is 0 Å². The van der Waals surface area contributed by atoms with Crippen molar-refractivity contribution in [3.63, 3.8) is 0 Å². The van der Waals surface area contributed by atoms with E-state index in [1.807, 2.05) is 35.2 Å². The van der Waals surface area contributed by atoms with Gasteiger partial charge in [0, 0.05) is 45.1 Å². The highest BCUT2D eigenvalue weighted by molar-refractivity contribution is 6.32. The van der Waals surface area contributed by atoms with Crippen LogP contribution in [0.25, 0.3) is 0 Å². The standard InChI is InChI=1S/C20H25ClN8O/c21-17-13-26-20(28-19(17)25-11-15-4-2-1-3-5-15)27-16(10-22)12-24-14-18(30)29-8-6-23-7-9-29/h1-5,10,12-13,22-24H,6-9,11,14H2,(H2,25,26,27,28)/b16-12+,22-10?. The van der Waals surface area contributed by atoms with E-state index >= 15 is 0 Å². The number of amides is 1. The first-order chi connectivity index (χ1) is 14.7. The van der Waals surface area contributed by atoms with E-state index in [9.17, 15) is 4.79 Å². The number of aromatic nitrogens is 2. The van der Waals surface area contributed by atoms with E-state index in [0.29, 0.717) is 42.1 Å². The molecule has 10 heteroatoms. The Bertz CT molecular complexity index is 884. The van der Waals surface area contributed by atoms with Crippen LogP contribution in [0.15, 0.2) is 48.4 Å². The fourth-order valence-electron chi connectivity index (χ4n) is 2.85. The highest BCUT2D eigenvalue weighted by atomic mass is 35.5. The van der Waals surface area contributed by atoms with E-state index in [1.54, 1.807) is 6.20 Å². The van der Waals surface area contributed by atoms with Gasteiger partial charge in [-0.2, -0.15) is 4.98 Å². The quantitative estimate of drug-likeness (QED) is 0.385. The molecule has 2 heterocycles. The van der Waals surface area contributed by atoms with E-state index in [1.165, 1.54) is 6.20 Å². The fraction of sp³-hybridized carbons (Fsp3) is 0.300. The van der Waals surface area contributed by atoms with E-state index < -0.39 is 0 Å². The number of carbonyl (C=O) groups is 1. The second-order valence-corrected chi connectivity index (χ2v) is 7.02. The highest BCUT2D eigenvalue weighted by Crippen LogP contribution is 2.20. The summed E-state index contributed by atoms with van der Waals surface area (Å²) in [6, 6.07) is 9.90. The molecule has 1 saturated heterocycles. The number of rotatable bonds is 9. The number of halogens is 1. The molecule has 1 aromatic heterocycles. The summed E-state index contributed by atoms with van der Waals surface area (Å²) < 4.78 is 0. The molecule has 158 valence electrons. The number of piperazine rings is 1. The normalized spacial score (nSPS) is 14.2. The van der Waals surface area contributed by atoms with Gasteiger partial charge in [0.2, 0.25) is 11.9 Å². The Morgan fingerprint density at radius 3 is 2.77 bits per heavy atom. The van der Waals surface area contributed by atoms with E-state index in [2.05, 4.69) is 31.2 Å². The molecule has 3 rings (SSSR count). The maximum absolute atomic E-state index is 12.2. The smallest absolute Gasteiger partial charge is 0.241 e. The summed E-state index contributed by atoms with van der Waals surface area (Å²) in [5.41, 5.74) is 1.51. The Balaban J connectivity index is 1.55. The number of allylic oxidation sites excluding steroid dienone is 1. The van der Waals surface area contributed by atoms with Gasteiger partial charge in [0.25, 0.3) is 0 Å². The van der Waals surface area contributed by atoms with Crippen LogP contribution in [0.5, 0.6) is 0 Å². The van der Waals surface area contributed by atoms with E-state index in [4.69, 9.17) is 17.0 Å². The lowest BCUT2D eigenvalue weighted by atomic mass is 10.2. The summed E-state index contributed by atoms with van der Waals surface area (Å²) in [6.45, 7) is 3.76. The average Bonchev–Trinajstić information content (AvgIpc) is 2.79. The molecular formula is C20H25ClN8O. The molecule has 0 radical (unpaired) electrons. The number of nitrogens with zero attached hydrogens (tertiary/aromatic N) is 3. The Morgan fingerprint density at radius 2 is 2.03 bits per heavy atom. The van der Waals surface area contributed by atoms with Crippen molar-refractivity contribution in [3.05, 3.63) is 59.0 Å². The predicted octanol–water partition coefficient (Wildman–Crippen LogP) is 1.67. The Morgan fingerprint density at radius 1 is 1.27 bits per heavy atom. The number of carbonyl (C=O) groups excluding carboxylic acids is 1. The largest absolute Gasteiger partial charge is 0.380 e. The van der Waals surface area contributed by atoms with Crippen LogP contribution in [0.4, 0.5) is 11.8 Å². The van der Waals surface area contributed by atoms with Crippen molar-refractivity contribution in [3.8, 4) is 0 Å². The minimum Gasteiger partial charge on any atom is -0.380 e. The fourth-order valence-corrected chi connectivity index (χ4v) is 3.01. The molecule has 1 aromatic carbocycles. The average molecular weight is 429 g/mol. The molecule has 0 bridgehead atoms. The summed E-state index contributed by atoms with van der Waals surface area (Å²) in [5, 5.41) is 20.3. The zero-order chi connectivity index (χ0) is 21.2. The van der Waals surface area contributed by atoms with Crippen LogP contribution in [-0.2, 0) is 11.3 Å². The van der Waals surface area contributed by atoms with Crippen molar-refractivity contribution in [2.24, 2.45) is 0 Å². The maximum atomic E-state index is 12.2. The van der Waals surface area contributed by atoms with Crippen molar-refractivity contribution < 1.29 is 4.79 Å². The van der Waals surface area contributed by atoms with Crippen LogP contribution in [-0.4, -0.2) is 59.7 Å². The maximum Gasteiger partial charge on any atom is 0.241 e. The van der Waals surface area contributed by atoms with Crippen molar-refractivity contribution in [1.82, 2.24) is 25.5 Å². The number of hydrogen-bond donors (Lipinski definition) is 5. The van der Waals surface area contributed by atoms with Gasteiger partial charge in [0.05, 0.1) is 18.4 Å². The van der Waals surface area contributed by atoms with Crippen LogP contribution in [0, 0.1) is 5.41 Å². The lowest BCUT2D eigenvalue weighted by Crippen LogP contribution is -2.48. The van der Waals surface area contributed by atoms with Gasteiger partial charge in [-0.05, 0) is 5.56 Å². The molecule has 0 saturated carbocycles. The molecule has 9 nitrogen and oxygen atoms in total. The minimum atomic E-state index is 0.0206. The van der Waals surface area contributed by atoms with Crippen LogP contribution >= 0.6 is 11.6 Å². The van der Waals surface area contributed by atoms with Gasteiger partial charge in [-0.25, -0.2) is 4.98 Å².